The second-order valence-corrected chi connectivity index (χ2v) is 1.86. The number of ether oxygens (including phenoxy) is 1. The average molecular weight is 137 g/mol. The van der Waals surface area contributed by atoms with Gasteiger partial charge in [0.15, 0.2) is 5.69 Å². The third-order valence-corrected chi connectivity index (χ3v) is 1.19. The van der Waals surface area contributed by atoms with Crippen molar-refractivity contribution in [3.05, 3.63) is 18.4 Å². The second kappa shape index (κ2) is 2.13. The molecule has 1 aliphatic heterocycles. The molecule has 1 aromatic heterocycles. The zero-order chi connectivity index (χ0) is 6.81. The molecule has 0 spiro atoms. The van der Waals surface area contributed by atoms with Crippen molar-refractivity contribution in [3.8, 4) is 0 Å². The predicted molar refractivity (Wildman–Crippen MR) is 32.7 cm³/mol. The summed E-state index contributed by atoms with van der Waals surface area (Å²) in [5, 5.41) is 0. The van der Waals surface area contributed by atoms with Gasteiger partial charge in [-0.3, -0.25) is 0 Å². The molecule has 10 heavy (non-hydrogen) atoms. The summed E-state index contributed by atoms with van der Waals surface area (Å²) in [4.78, 5) is 7.78. The predicted octanol–water partition coefficient (Wildman–Crippen LogP) is 0.252. The molecule has 0 atom stereocenters. The van der Waals surface area contributed by atoms with Gasteiger partial charge in [-0.25, -0.2) is 4.99 Å². The van der Waals surface area contributed by atoms with E-state index in [4.69, 9.17) is 4.74 Å². The largest absolute Gasteiger partial charge is 0.474 e. The Morgan fingerprint density at radius 2 is 2.60 bits per heavy atom. The summed E-state index contributed by atoms with van der Waals surface area (Å²) < 4.78 is 9.73. The fourth-order valence-corrected chi connectivity index (χ4v) is 0.772. The summed E-state index contributed by atoms with van der Waals surface area (Å²) in [5.74, 6) is 0.560. The van der Waals surface area contributed by atoms with Crippen LogP contribution in [0, 0.1) is 6.39 Å². The molecule has 0 bridgehead atoms. The van der Waals surface area contributed by atoms with Crippen molar-refractivity contribution in [2.24, 2.45) is 4.99 Å². The third kappa shape index (κ3) is 0.775. The van der Waals surface area contributed by atoms with Gasteiger partial charge in [0.05, 0.1) is 6.54 Å². The maximum Gasteiger partial charge on any atom is 0.284 e. The molecule has 0 N–H and O–H groups in total. The molecule has 1 aromatic rings. The zero-order valence-corrected chi connectivity index (χ0v) is 5.20. The number of aliphatic imine (C=N–C) groups is 1. The number of rotatable bonds is 1. The maximum absolute atomic E-state index is 5.10. The Labute approximate surface area is 57.5 Å². The molecule has 0 saturated carbocycles. The first-order valence-electron chi connectivity index (χ1n) is 2.96. The number of oxazole rings is 1. The molecule has 0 amide bonds. The zero-order valence-electron chi connectivity index (χ0n) is 5.20. The smallest absolute Gasteiger partial charge is 0.284 e. The van der Waals surface area contributed by atoms with Crippen LogP contribution in [-0.4, -0.2) is 24.0 Å². The van der Waals surface area contributed by atoms with E-state index in [1.807, 2.05) is 0 Å². The normalized spacial score (nSPS) is 16.6. The maximum atomic E-state index is 5.10. The molecule has 2 heterocycles. The van der Waals surface area contributed by atoms with Crippen molar-refractivity contribution < 1.29 is 9.15 Å². The van der Waals surface area contributed by atoms with E-state index in [0.717, 1.165) is 0 Å². The van der Waals surface area contributed by atoms with Crippen LogP contribution in [-0.2, 0) is 4.74 Å². The van der Waals surface area contributed by atoms with Crippen molar-refractivity contribution in [2.75, 3.05) is 13.2 Å². The summed E-state index contributed by atoms with van der Waals surface area (Å²) in [6.45, 7) is 1.35. The van der Waals surface area contributed by atoms with E-state index in [0.29, 0.717) is 24.7 Å². The molecule has 4 heteroatoms. The van der Waals surface area contributed by atoms with Crippen molar-refractivity contribution in [3.63, 3.8) is 0 Å². The van der Waals surface area contributed by atoms with Crippen LogP contribution in [0.4, 0.5) is 0 Å². The molecule has 4 nitrogen and oxygen atoms in total. The minimum atomic E-state index is 0.560. The Bertz CT molecular complexity index is 240. The van der Waals surface area contributed by atoms with Crippen LogP contribution < -0.4 is 0 Å². The van der Waals surface area contributed by atoms with Gasteiger partial charge in [-0.15, -0.1) is 0 Å². The molecular weight excluding hydrogens is 132 g/mol. The summed E-state index contributed by atoms with van der Waals surface area (Å²) in [6.07, 6.45) is 3.78. The second-order valence-electron chi connectivity index (χ2n) is 1.86. The highest BCUT2D eigenvalue weighted by molar-refractivity contribution is 5.92. The van der Waals surface area contributed by atoms with Crippen LogP contribution in [0.5, 0.6) is 0 Å². The van der Waals surface area contributed by atoms with E-state index in [1.54, 1.807) is 0 Å². The molecule has 51 valence electrons. The first-order chi connectivity index (χ1) is 4.97. The van der Waals surface area contributed by atoms with E-state index >= 15 is 0 Å². The summed E-state index contributed by atoms with van der Waals surface area (Å²) in [5.41, 5.74) is 0.623. The highest BCUT2D eigenvalue weighted by atomic mass is 16.5. The fourth-order valence-electron chi connectivity index (χ4n) is 0.772. The summed E-state index contributed by atoms with van der Waals surface area (Å²) in [6, 6.07) is 0. The lowest BCUT2D eigenvalue weighted by molar-refractivity contribution is 0.347. The highest BCUT2D eigenvalue weighted by Crippen LogP contribution is 2.03. The molecule has 0 aromatic carbocycles. The monoisotopic (exact) mass is 137 g/mol. The number of aromatic nitrogens is 1. The molecule has 0 aliphatic carbocycles. The van der Waals surface area contributed by atoms with Crippen molar-refractivity contribution in [1.82, 2.24) is 4.98 Å². The number of hydrogen-bond acceptors (Lipinski definition) is 4. The molecular formula is C6H5N2O2. The van der Waals surface area contributed by atoms with Gasteiger partial charge in [-0.2, -0.15) is 4.98 Å². The Morgan fingerprint density at radius 3 is 3.20 bits per heavy atom. The molecule has 2 rings (SSSR count). The lowest BCUT2D eigenvalue weighted by Gasteiger charge is -1.92. The summed E-state index contributed by atoms with van der Waals surface area (Å²) >= 11 is 0. The van der Waals surface area contributed by atoms with Crippen LogP contribution in [0.1, 0.15) is 5.69 Å². The van der Waals surface area contributed by atoms with Gasteiger partial charge in [0.2, 0.25) is 5.90 Å². The van der Waals surface area contributed by atoms with Gasteiger partial charge in [0.25, 0.3) is 6.39 Å². The minimum Gasteiger partial charge on any atom is -0.474 e. The van der Waals surface area contributed by atoms with E-state index < -0.39 is 0 Å². The molecule has 1 aliphatic rings. The van der Waals surface area contributed by atoms with E-state index in [-0.39, 0.29) is 0 Å². The molecule has 1 radical (unpaired) electrons. The Kier molecular flexibility index (Phi) is 1.16. The fraction of sp³-hybridized carbons (Fsp3) is 0.333. The Morgan fingerprint density at radius 1 is 1.60 bits per heavy atom. The van der Waals surface area contributed by atoms with Crippen molar-refractivity contribution in [2.45, 2.75) is 0 Å². The highest BCUT2D eigenvalue weighted by Gasteiger charge is 2.11. The van der Waals surface area contributed by atoms with Crippen molar-refractivity contribution in [1.29, 1.82) is 0 Å². The average Bonchev–Trinajstić information content (AvgIpc) is 2.59. The minimum absolute atomic E-state index is 0.560. The first kappa shape index (κ1) is 5.46. The van der Waals surface area contributed by atoms with Crippen LogP contribution in [0.2, 0.25) is 0 Å². The molecule has 0 saturated heterocycles. The standard InChI is InChI=1S/C6H5N2O2/c1-2-10-6(7-1)5-3-9-4-8-5/h3H,1-2H2. The van der Waals surface area contributed by atoms with Gasteiger partial charge < -0.3 is 9.15 Å². The lowest BCUT2D eigenvalue weighted by atomic mass is 10.5. The van der Waals surface area contributed by atoms with Crippen molar-refractivity contribution >= 4 is 5.90 Å². The van der Waals surface area contributed by atoms with Crippen LogP contribution in [0.15, 0.2) is 15.7 Å². The quantitative estimate of drug-likeness (QED) is 0.557. The number of nitrogens with zero attached hydrogens (tertiary/aromatic N) is 2. The SMILES string of the molecule is [c]1nc(C2=NCCO2)co1. The van der Waals surface area contributed by atoms with Gasteiger partial charge in [0.1, 0.15) is 12.9 Å². The van der Waals surface area contributed by atoms with Gasteiger partial charge in [-0.05, 0) is 0 Å². The van der Waals surface area contributed by atoms with E-state index in [9.17, 15) is 0 Å². The molecule has 0 unspecified atom stereocenters. The van der Waals surface area contributed by atoms with Gasteiger partial charge in [-0.1, -0.05) is 0 Å². The first-order valence-corrected chi connectivity index (χ1v) is 2.96. The van der Waals surface area contributed by atoms with Crippen LogP contribution in [0.3, 0.4) is 0 Å². The van der Waals surface area contributed by atoms with Crippen LogP contribution >= 0.6 is 0 Å². The van der Waals surface area contributed by atoms with Gasteiger partial charge in [0, 0.05) is 0 Å². The summed E-state index contributed by atoms with van der Waals surface area (Å²) in [7, 11) is 0. The Hall–Kier alpha value is -1.32. The van der Waals surface area contributed by atoms with Gasteiger partial charge >= 0.3 is 0 Å². The Balaban J connectivity index is 2.28. The number of hydrogen-bond donors (Lipinski definition) is 0. The molecule has 0 fully saturated rings. The third-order valence-electron chi connectivity index (χ3n) is 1.19. The van der Waals surface area contributed by atoms with E-state index in [1.165, 1.54) is 6.26 Å². The topological polar surface area (TPSA) is 47.6 Å². The lowest BCUT2D eigenvalue weighted by Crippen LogP contribution is -2.00. The van der Waals surface area contributed by atoms with Crippen LogP contribution in [0.25, 0.3) is 0 Å². The van der Waals surface area contributed by atoms with E-state index in [2.05, 4.69) is 20.8 Å².